The molecule has 88 valence electrons. The van der Waals surface area contributed by atoms with E-state index in [0.29, 0.717) is 18.1 Å². The van der Waals surface area contributed by atoms with Crippen LogP contribution in [0.3, 0.4) is 0 Å². The lowest BCUT2D eigenvalue weighted by atomic mass is 10.2. The number of carbonyl (C=O) groups is 1. The summed E-state index contributed by atoms with van der Waals surface area (Å²) >= 11 is 9.35. The van der Waals surface area contributed by atoms with Crippen molar-refractivity contribution < 1.29 is 9.53 Å². The van der Waals surface area contributed by atoms with Crippen molar-refractivity contribution >= 4 is 33.6 Å². The zero-order valence-corrected chi connectivity index (χ0v) is 10.8. The molecule has 16 heavy (non-hydrogen) atoms. The predicted octanol–water partition coefficient (Wildman–Crippen LogP) is 2.29. The number of hydrogen-bond acceptors (Lipinski definition) is 3. The largest absolute Gasteiger partial charge is 0.448 e. The van der Waals surface area contributed by atoms with Crippen molar-refractivity contribution in [3.8, 4) is 0 Å². The highest BCUT2D eigenvalue weighted by atomic mass is 79.9. The fraction of sp³-hybridized carbons (Fsp3) is 0.300. The van der Waals surface area contributed by atoms with Crippen molar-refractivity contribution in [3.05, 3.63) is 33.3 Å². The van der Waals surface area contributed by atoms with Crippen LogP contribution >= 0.6 is 27.5 Å². The highest BCUT2D eigenvalue weighted by molar-refractivity contribution is 9.10. The van der Waals surface area contributed by atoms with Crippen molar-refractivity contribution in [1.29, 1.82) is 0 Å². The fourth-order valence-corrected chi connectivity index (χ4v) is 1.85. The molecule has 0 aliphatic rings. The Morgan fingerprint density at radius 2 is 2.31 bits per heavy atom. The Balaban J connectivity index is 2.29. The Bertz CT molecular complexity index is 374. The lowest BCUT2D eigenvalue weighted by Crippen LogP contribution is -2.23. The smallest absolute Gasteiger partial charge is 0.404 e. The maximum Gasteiger partial charge on any atom is 0.404 e. The lowest BCUT2D eigenvalue weighted by Gasteiger charge is -2.07. The van der Waals surface area contributed by atoms with E-state index in [-0.39, 0.29) is 6.61 Å². The number of rotatable bonds is 5. The van der Waals surface area contributed by atoms with Crippen molar-refractivity contribution in [3.63, 3.8) is 0 Å². The molecule has 0 heterocycles. The summed E-state index contributed by atoms with van der Waals surface area (Å²) in [5, 5.41) is 3.78. The van der Waals surface area contributed by atoms with Gasteiger partial charge in [-0.05, 0) is 17.7 Å². The van der Waals surface area contributed by atoms with Gasteiger partial charge in [-0.2, -0.15) is 0 Å². The lowest BCUT2D eigenvalue weighted by molar-refractivity contribution is 0.157. The van der Waals surface area contributed by atoms with E-state index in [4.69, 9.17) is 17.3 Å². The minimum absolute atomic E-state index is 0.253. The number of nitrogens with two attached hydrogens (primary N) is 1. The van der Waals surface area contributed by atoms with Crippen LogP contribution in [0, 0.1) is 0 Å². The van der Waals surface area contributed by atoms with Crippen LogP contribution in [-0.4, -0.2) is 19.2 Å². The summed E-state index contributed by atoms with van der Waals surface area (Å²) in [6, 6.07) is 5.68. The molecule has 1 aromatic rings. The first-order chi connectivity index (χ1) is 7.59. The summed E-state index contributed by atoms with van der Waals surface area (Å²) in [5.74, 6) is 0. The highest BCUT2D eigenvalue weighted by Gasteiger charge is 2.00. The first-order valence-electron chi connectivity index (χ1n) is 4.66. The van der Waals surface area contributed by atoms with Crippen molar-refractivity contribution in [2.24, 2.45) is 5.73 Å². The molecule has 0 saturated heterocycles. The summed E-state index contributed by atoms with van der Waals surface area (Å²) in [6.45, 7) is 1.41. The molecular formula is C10H12BrClN2O2. The van der Waals surface area contributed by atoms with Crippen LogP contribution in [-0.2, 0) is 11.3 Å². The SMILES string of the molecule is NC(=O)OCCNCc1ccc(Br)cc1Cl. The molecule has 1 aromatic carbocycles. The number of benzene rings is 1. The molecule has 0 fully saturated rings. The van der Waals surface area contributed by atoms with Gasteiger partial charge in [-0.1, -0.05) is 33.6 Å². The average molecular weight is 308 g/mol. The van der Waals surface area contributed by atoms with Gasteiger partial charge in [-0.15, -0.1) is 0 Å². The molecule has 0 atom stereocenters. The van der Waals surface area contributed by atoms with Crippen LogP contribution in [0.25, 0.3) is 0 Å². The topological polar surface area (TPSA) is 64.4 Å². The first-order valence-corrected chi connectivity index (χ1v) is 5.83. The number of nitrogens with one attached hydrogen (secondary N) is 1. The van der Waals surface area contributed by atoms with Crippen LogP contribution in [0.1, 0.15) is 5.56 Å². The molecule has 0 unspecified atom stereocenters. The van der Waals surface area contributed by atoms with Gasteiger partial charge in [0.05, 0.1) is 0 Å². The molecule has 1 rings (SSSR count). The second kappa shape index (κ2) is 6.73. The van der Waals surface area contributed by atoms with Gasteiger partial charge >= 0.3 is 6.09 Å². The standard InChI is InChI=1S/C10H12BrClN2O2/c11-8-2-1-7(9(12)5-8)6-14-3-4-16-10(13)15/h1-2,5,14H,3-4,6H2,(H2,13,15). The molecule has 0 saturated carbocycles. The summed E-state index contributed by atoms with van der Waals surface area (Å²) in [4.78, 5) is 10.3. The second-order valence-corrected chi connectivity index (χ2v) is 4.40. The summed E-state index contributed by atoms with van der Waals surface area (Å²) in [5.41, 5.74) is 5.80. The van der Waals surface area contributed by atoms with Crippen LogP contribution in [0.4, 0.5) is 4.79 Å². The summed E-state index contributed by atoms with van der Waals surface area (Å²) in [6.07, 6.45) is -0.761. The third-order valence-electron chi connectivity index (χ3n) is 1.85. The van der Waals surface area contributed by atoms with Gasteiger partial charge in [0.2, 0.25) is 0 Å². The molecule has 6 heteroatoms. The van der Waals surface area contributed by atoms with Gasteiger partial charge in [-0.25, -0.2) is 4.79 Å². The molecule has 0 aliphatic carbocycles. The number of halogens is 2. The van der Waals surface area contributed by atoms with Gasteiger partial charge in [0.1, 0.15) is 6.61 Å². The van der Waals surface area contributed by atoms with Crippen molar-refractivity contribution in [2.45, 2.75) is 6.54 Å². The zero-order valence-electron chi connectivity index (χ0n) is 8.50. The maximum absolute atomic E-state index is 10.3. The van der Waals surface area contributed by atoms with E-state index in [1.165, 1.54) is 0 Å². The molecule has 0 bridgehead atoms. The van der Waals surface area contributed by atoms with Gasteiger partial charge in [0.25, 0.3) is 0 Å². The predicted molar refractivity (Wildman–Crippen MR) is 66.4 cm³/mol. The second-order valence-electron chi connectivity index (χ2n) is 3.08. The Labute approximate surface area is 107 Å². The minimum Gasteiger partial charge on any atom is -0.448 e. The van der Waals surface area contributed by atoms with Crippen LogP contribution in [0.15, 0.2) is 22.7 Å². The Morgan fingerprint density at radius 1 is 1.56 bits per heavy atom. The summed E-state index contributed by atoms with van der Waals surface area (Å²) < 4.78 is 5.51. The number of primary amides is 1. The number of hydrogen-bond donors (Lipinski definition) is 2. The third kappa shape index (κ3) is 4.83. The van der Waals surface area contributed by atoms with Crippen molar-refractivity contribution in [1.82, 2.24) is 5.32 Å². The highest BCUT2D eigenvalue weighted by Crippen LogP contribution is 2.20. The third-order valence-corrected chi connectivity index (χ3v) is 2.70. The number of ether oxygens (including phenoxy) is 1. The molecular weight excluding hydrogens is 295 g/mol. The Kier molecular flexibility index (Phi) is 5.59. The molecule has 0 radical (unpaired) electrons. The van der Waals surface area contributed by atoms with Gasteiger partial charge in [0, 0.05) is 22.6 Å². The molecule has 0 aliphatic heterocycles. The zero-order chi connectivity index (χ0) is 12.0. The molecule has 3 N–H and O–H groups in total. The Morgan fingerprint density at radius 3 is 2.94 bits per heavy atom. The van der Waals surface area contributed by atoms with Gasteiger partial charge in [0.15, 0.2) is 0 Å². The van der Waals surface area contributed by atoms with Crippen LogP contribution < -0.4 is 11.1 Å². The van der Waals surface area contributed by atoms with Crippen LogP contribution in [0.5, 0.6) is 0 Å². The van der Waals surface area contributed by atoms with Gasteiger partial charge < -0.3 is 15.8 Å². The quantitative estimate of drug-likeness (QED) is 0.820. The van der Waals surface area contributed by atoms with E-state index in [1.807, 2.05) is 18.2 Å². The molecule has 0 aromatic heterocycles. The van der Waals surface area contributed by atoms with Crippen LogP contribution in [0.2, 0.25) is 5.02 Å². The molecule has 4 nitrogen and oxygen atoms in total. The number of amides is 1. The maximum atomic E-state index is 10.3. The van der Waals surface area contributed by atoms with Crippen molar-refractivity contribution in [2.75, 3.05) is 13.2 Å². The van der Waals surface area contributed by atoms with Gasteiger partial charge in [-0.3, -0.25) is 0 Å². The molecule has 0 spiro atoms. The Hall–Kier alpha value is -0.780. The first kappa shape index (κ1) is 13.3. The normalized spacial score (nSPS) is 10.1. The van der Waals surface area contributed by atoms with E-state index in [2.05, 4.69) is 26.0 Å². The molecule has 1 amide bonds. The monoisotopic (exact) mass is 306 g/mol. The van der Waals surface area contributed by atoms with E-state index < -0.39 is 6.09 Å². The van der Waals surface area contributed by atoms with E-state index in [0.717, 1.165) is 10.0 Å². The summed E-state index contributed by atoms with van der Waals surface area (Å²) in [7, 11) is 0. The number of carbonyl (C=O) groups excluding carboxylic acids is 1. The average Bonchev–Trinajstić information content (AvgIpc) is 2.20. The van der Waals surface area contributed by atoms with E-state index in [1.54, 1.807) is 0 Å². The minimum atomic E-state index is -0.761. The fourth-order valence-electron chi connectivity index (χ4n) is 1.11. The van der Waals surface area contributed by atoms with E-state index in [9.17, 15) is 4.79 Å². The van der Waals surface area contributed by atoms with E-state index >= 15 is 0 Å².